The highest BCUT2D eigenvalue weighted by atomic mass is 127. The predicted octanol–water partition coefficient (Wildman–Crippen LogP) is 2.43. The molecule has 1 aliphatic rings. The maximum atomic E-state index is 5.11. The maximum Gasteiger partial charge on any atom is 0.226 e. The second kappa shape index (κ2) is 8.28. The zero-order valence-electron chi connectivity index (χ0n) is 13.5. The molecule has 1 aromatic carbocycles. The van der Waals surface area contributed by atoms with Crippen LogP contribution in [0, 0.1) is 0 Å². The third-order valence-corrected chi connectivity index (χ3v) is 3.80. The van der Waals surface area contributed by atoms with E-state index in [-0.39, 0.29) is 24.0 Å². The van der Waals surface area contributed by atoms with Gasteiger partial charge in [0.25, 0.3) is 0 Å². The Balaban J connectivity index is 0.00000192. The fraction of sp³-hybridized carbons (Fsp3) is 0.438. The fourth-order valence-corrected chi connectivity index (χ4v) is 2.67. The Morgan fingerprint density at radius 2 is 2.22 bits per heavy atom. The zero-order chi connectivity index (χ0) is 15.4. The minimum atomic E-state index is 0. The SMILES string of the molecule is CCc1nc(CCNC(=NC)N2CCc3ccccc32)no1.I. The number of benzene rings is 1. The van der Waals surface area contributed by atoms with E-state index < -0.39 is 0 Å². The lowest BCUT2D eigenvalue weighted by Gasteiger charge is -2.22. The number of anilines is 1. The van der Waals surface area contributed by atoms with Crippen molar-refractivity contribution in [3.05, 3.63) is 41.5 Å². The molecule has 0 saturated heterocycles. The molecule has 23 heavy (non-hydrogen) atoms. The lowest BCUT2D eigenvalue weighted by Crippen LogP contribution is -2.41. The molecule has 3 rings (SSSR count). The molecule has 0 saturated carbocycles. The number of aliphatic imine (C=N–C) groups is 1. The molecule has 0 atom stereocenters. The van der Waals surface area contributed by atoms with Crippen LogP contribution in [0.3, 0.4) is 0 Å². The Bertz CT molecular complexity index is 670. The molecule has 2 heterocycles. The van der Waals surface area contributed by atoms with E-state index in [1.54, 1.807) is 0 Å². The number of hydrogen-bond acceptors (Lipinski definition) is 4. The van der Waals surface area contributed by atoms with Crippen molar-refractivity contribution in [1.29, 1.82) is 0 Å². The number of para-hydroxylation sites is 1. The minimum Gasteiger partial charge on any atom is -0.355 e. The highest BCUT2D eigenvalue weighted by molar-refractivity contribution is 14.0. The van der Waals surface area contributed by atoms with Gasteiger partial charge in [-0.15, -0.1) is 24.0 Å². The van der Waals surface area contributed by atoms with Gasteiger partial charge in [-0.3, -0.25) is 4.99 Å². The van der Waals surface area contributed by atoms with Gasteiger partial charge < -0.3 is 14.7 Å². The molecule has 0 amide bonds. The smallest absolute Gasteiger partial charge is 0.226 e. The number of nitrogens with one attached hydrogen (secondary N) is 1. The minimum absolute atomic E-state index is 0. The standard InChI is InChI=1S/C16H21N5O.HI/c1-3-15-19-14(20-22-15)8-10-18-16(17-2)21-11-9-12-6-4-5-7-13(12)21;/h4-7H,3,8-11H2,1-2H3,(H,17,18);1H. The molecule has 0 unspecified atom stereocenters. The molecule has 0 fully saturated rings. The van der Waals surface area contributed by atoms with Gasteiger partial charge in [-0.1, -0.05) is 30.3 Å². The first-order chi connectivity index (χ1) is 10.8. The van der Waals surface area contributed by atoms with Gasteiger partial charge in [0.1, 0.15) is 0 Å². The number of aromatic nitrogens is 2. The van der Waals surface area contributed by atoms with Crippen molar-refractivity contribution < 1.29 is 4.52 Å². The number of halogens is 1. The first kappa shape index (κ1) is 17.7. The fourth-order valence-electron chi connectivity index (χ4n) is 2.67. The van der Waals surface area contributed by atoms with E-state index in [1.807, 2.05) is 14.0 Å². The number of hydrogen-bond donors (Lipinski definition) is 1. The predicted molar refractivity (Wildman–Crippen MR) is 102 cm³/mol. The summed E-state index contributed by atoms with van der Waals surface area (Å²) < 4.78 is 5.11. The van der Waals surface area contributed by atoms with Gasteiger partial charge in [0.2, 0.25) is 5.89 Å². The van der Waals surface area contributed by atoms with Crippen molar-refractivity contribution in [2.24, 2.45) is 4.99 Å². The molecule has 6 nitrogen and oxygen atoms in total. The van der Waals surface area contributed by atoms with Gasteiger partial charge in [-0.2, -0.15) is 4.98 Å². The number of aryl methyl sites for hydroxylation is 1. The van der Waals surface area contributed by atoms with E-state index >= 15 is 0 Å². The van der Waals surface area contributed by atoms with E-state index in [0.29, 0.717) is 5.89 Å². The summed E-state index contributed by atoms with van der Waals surface area (Å²) in [5.74, 6) is 2.32. The van der Waals surface area contributed by atoms with Crippen LogP contribution in [0.5, 0.6) is 0 Å². The summed E-state index contributed by atoms with van der Waals surface area (Å²) in [6.45, 7) is 3.69. The van der Waals surface area contributed by atoms with Crippen molar-refractivity contribution in [2.45, 2.75) is 26.2 Å². The van der Waals surface area contributed by atoms with E-state index in [1.165, 1.54) is 11.3 Å². The largest absolute Gasteiger partial charge is 0.355 e. The Hall–Kier alpha value is -1.64. The Labute approximate surface area is 153 Å². The summed E-state index contributed by atoms with van der Waals surface area (Å²) in [5, 5.41) is 7.35. The number of nitrogens with zero attached hydrogens (tertiary/aromatic N) is 4. The Kier molecular flexibility index (Phi) is 6.37. The molecule has 0 radical (unpaired) electrons. The van der Waals surface area contributed by atoms with Gasteiger partial charge in [-0.05, 0) is 18.1 Å². The van der Waals surface area contributed by atoms with Crippen LogP contribution in [0.1, 0.15) is 24.2 Å². The lowest BCUT2D eigenvalue weighted by molar-refractivity contribution is 0.376. The van der Waals surface area contributed by atoms with Crippen LogP contribution < -0.4 is 10.2 Å². The maximum absolute atomic E-state index is 5.11. The molecule has 1 aliphatic heterocycles. The first-order valence-corrected chi connectivity index (χ1v) is 7.69. The van der Waals surface area contributed by atoms with Gasteiger partial charge in [0.15, 0.2) is 11.8 Å². The first-order valence-electron chi connectivity index (χ1n) is 7.69. The van der Waals surface area contributed by atoms with Crippen molar-refractivity contribution >= 4 is 35.6 Å². The van der Waals surface area contributed by atoms with Gasteiger partial charge >= 0.3 is 0 Å². The van der Waals surface area contributed by atoms with Crippen molar-refractivity contribution in [3.63, 3.8) is 0 Å². The van der Waals surface area contributed by atoms with Crippen LogP contribution >= 0.6 is 24.0 Å². The summed E-state index contributed by atoms with van der Waals surface area (Å²) >= 11 is 0. The summed E-state index contributed by atoms with van der Waals surface area (Å²) in [6, 6.07) is 8.46. The molecule has 1 aromatic heterocycles. The Morgan fingerprint density at radius 3 is 2.96 bits per heavy atom. The summed E-state index contributed by atoms with van der Waals surface area (Å²) in [6.07, 6.45) is 2.55. The highest BCUT2D eigenvalue weighted by Crippen LogP contribution is 2.27. The van der Waals surface area contributed by atoms with Gasteiger partial charge in [0, 0.05) is 38.7 Å². The van der Waals surface area contributed by atoms with E-state index in [9.17, 15) is 0 Å². The third-order valence-electron chi connectivity index (χ3n) is 3.80. The van der Waals surface area contributed by atoms with Gasteiger partial charge in [0.05, 0.1) is 0 Å². The van der Waals surface area contributed by atoms with E-state index in [2.05, 4.69) is 49.6 Å². The molecule has 0 aliphatic carbocycles. The lowest BCUT2D eigenvalue weighted by atomic mass is 10.2. The average molecular weight is 427 g/mol. The van der Waals surface area contributed by atoms with Crippen LogP contribution in [0.15, 0.2) is 33.8 Å². The summed E-state index contributed by atoms with van der Waals surface area (Å²) in [7, 11) is 1.81. The molecule has 124 valence electrons. The average Bonchev–Trinajstić information content (AvgIpc) is 3.18. The topological polar surface area (TPSA) is 66.6 Å². The van der Waals surface area contributed by atoms with Crippen molar-refractivity contribution in [1.82, 2.24) is 15.5 Å². The van der Waals surface area contributed by atoms with Gasteiger partial charge in [-0.25, -0.2) is 0 Å². The van der Waals surface area contributed by atoms with Crippen LogP contribution in [-0.4, -0.2) is 36.2 Å². The van der Waals surface area contributed by atoms with Crippen LogP contribution in [0.25, 0.3) is 0 Å². The quantitative estimate of drug-likeness (QED) is 0.461. The van der Waals surface area contributed by atoms with Crippen LogP contribution in [-0.2, 0) is 19.3 Å². The molecule has 2 aromatic rings. The monoisotopic (exact) mass is 427 g/mol. The number of fused-ring (bicyclic) bond motifs is 1. The third kappa shape index (κ3) is 4.01. The second-order valence-corrected chi connectivity index (χ2v) is 5.21. The van der Waals surface area contributed by atoms with E-state index in [4.69, 9.17) is 4.52 Å². The Morgan fingerprint density at radius 1 is 1.39 bits per heavy atom. The highest BCUT2D eigenvalue weighted by Gasteiger charge is 2.22. The molecular weight excluding hydrogens is 405 g/mol. The molecular formula is C16H22IN5O. The van der Waals surface area contributed by atoms with Crippen LogP contribution in [0.2, 0.25) is 0 Å². The zero-order valence-corrected chi connectivity index (χ0v) is 15.8. The van der Waals surface area contributed by atoms with E-state index in [0.717, 1.165) is 44.1 Å². The number of guanidine groups is 1. The second-order valence-electron chi connectivity index (χ2n) is 5.21. The summed E-state index contributed by atoms with van der Waals surface area (Å²) in [4.78, 5) is 10.9. The number of rotatable bonds is 4. The molecule has 0 bridgehead atoms. The van der Waals surface area contributed by atoms with Crippen molar-refractivity contribution in [2.75, 3.05) is 25.0 Å². The molecule has 7 heteroatoms. The molecule has 1 N–H and O–H groups in total. The van der Waals surface area contributed by atoms with Crippen molar-refractivity contribution in [3.8, 4) is 0 Å². The normalized spacial score (nSPS) is 13.7. The summed E-state index contributed by atoms with van der Waals surface area (Å²) in [5.41, 5.74) is 2.61. The molecule has 0 spiro atoms. The van der Waals surface area contributed by atoms with Crippen LogP contribution in [0.4, 0.5) is 5.69 Å².